The Hall–Kier alpha value is -1.57. The first-order chi connectivity index (χ1) is 12.5. The molecule has 0 radical (unpaired) electrons. The fourth-order valence-electron chi connectivity index (χ4n) is 3.61. The normalized spacial score (nSPS) is 19.3. The highest BCUT2D eigenvalue weighted by Crippen LogP contribution is 2.40. The second-order valence-corrected chi connectivity index (χ2v) is 8.79. The summed E-state index contributed by atoms with van der Waals surface area (Å²) in [6.07, 6.45) is 8.36. The van der Waals surface area contributed by atoms with Crippen LogP contribution in [0.25, 0.3) is 0 Å². The Bertz CT molecular complexity index is 652. The monoisotopic (exact) mass is 379 g/mol. The quantitative estimate of drug-likeness (QED) is 0.700. The maximum Gasteiger partial charge on any atom is 0.235 e. The Morgan fingerprint density at radius 3 is 2.54 bits per heavy atom. The summed E-state index contributed by atoms with van der Waals surface area (Å²) in [7, 11) is 1.92. The lowest BCUT2D eigenvalue weighted by Crippen LogP contribution is -2.42. The number of carbonyl (C=O) groups is 2. The van der Waals surface area contributed by atoms with Gasteiger partial charge >= 0.3 is 0 Å². The van der Waals surface area contributed by atoms with Crippen LogP contribution in [-0.2, 0) is 16.1 Å². The lowest BCUT2D eigenvalue weighted by Gasteiger charge is -2.32. The molecule has 26 heavy (non-hydrogen) atoms. The Morgan fingerprint density at radius 2 is 1.92 bits per heavy atom. The second kappa shape index (κ2) is 8.41. The van der Waals surface area contributed by atoms with E-state index in [0.717, 1.165) is 31.5 Å². The fraction of sp³-hybridized carbons (Fsp3) is 0.778. The highest BCUT2D eigenvalue weighted by molar-refractivity contribution is 8.00. The van der Waals surface area contributed by atoms with E-state index in [2.05, 4.69) is 10.2 Å². The molecule has 2 aliphatic rings. The third-order valence-electron chi connectivity index (χ3n) is 5.37. The van der Waals surface area contributed by atoms with Crippen LogP contribution in [0.1, 0.15) is 70.0 Å². The minimum Gasteiger partial charge on any atom is -0.370 e. The minimum atomic E-state index is -0.336. The molecule has 2 aliphatic carbocycles. The van der Waals surface area contributed by atoms with Crippen molar-refractivity contribution in [3.8, 4) is 0 Å². The van der Waals surface area contributed by atoms with Gasteiger partial charge in [0, 0.05) is 32.0 Å². The molecule has 1 aromatic rings. The number of carbonyl (C=O) groups excluding carboxylic acids is 2. The summed E-state index contributed by atoms with van der Waals surface area (Å²) in [4.78, 5) is 26.0. The summed E-state index contributed by atoms with van der Waals surface area (Å²) >= 11 is 1.43. The number of aromatic nitrogens is 3. The molecule has 7 nitrogen and oxygen atoms in total. The van der Waals surface area contributed by atoms with Crippen LogP contribution in [0.4, 0.5) is 0 Å². The van der Waals surface area contributed by atoms with Crippen molar-refractivity contribution in [3.05, 3.63) is 5.82 Å². The van der Waals surface area contributed by atoms with Crippen LogP contribution in [0.2, 0.25) is 0 Å². The molecule has 1 heterocycles. The van der Waals surface area contributed by atoms with Gasteiger partial charge in [0.2, 0.25) is 11.8 Å². The van der Waals surface area contributed by atoms with Crippen LogP contribution in [0.3, 0.4) is 0 Å². The molecule has 1 unspecified atom stereocenters. The van der Waals surface area contributed by atoms with Gasteiger partial charge in [0.15, 0.2) is 5.16 Å². The summed E-state index contributed by atoms with van der Waals surface area (Å²) in [6.45, 7) is 2.41. The highest BCUT2D eigenvalue weighted by Gasteiger charge is 2.32. The van der Waals surface area contributed by atoms with E-state index < -0.39 is 0 Å². The van der Waals surface area contributed by atoms with Crippen molar-refractivity contribution in [1.29, 1.82) is 0 Å². The average molecular weight is 380 g/mol. The highest BCUT2D eigenvalue weighted by atomic mass is 32.2. The molecule has 0 aromatic carbocycles. The maximum absolute atomic E-state index is 12.9. The first-order valence-corrected chi connectivity index (χ1v) is 10.5. The number of hydrogen-bond donors (Lipinski definition) is 1. The number of amides is 2. The van der Waals surface area contributed by atoms with Gasteiger partial charge in [0.05, 0.1) is 5.25 Å². The van der Waals surface area contributed by atoms with Crippen molar-refractivity contribution in [2.45, 2.75) is 87.2 Å². The van der Waals surface area contributed by atoms with Crippen molar-refractivity contribution in [1.82, 2.24) is 19.7 Å². The Labute approximate surface area is 159 Å². The van der Waals surface area contributed by atoms with E-state index in [1.807, 2.05) is 23.4 Å². The molecule has 0 spiro atoms. The largest absolute Gasteiger partial charge is 0.370 e. The van der Waals surface area contributed by atoms with Gasteiger partial charge in [-0.3, -0.25) is 9.59 Å². The third-order valence-corrected chi connectivity index (χ3v) is 6.44. The van der Waals surface area contributed by atoms with E-state index >= 15 is 0 Å². The molecule has 3 rings (SSSR count). The van der Waals surface area contributed by atoms with E-state index in [1.54, 1.807) is 0 Å². The van der Waals surface area contributed by atoms with Crippen molar-refractivity contribution in [3.63, 3.8) is 0 Å². The zero-order valence-electron chi connectivity index (χ0n) is 15.7. The molecular weight excluding hydrogens is 350 g/mol. The topological polar surface area (TPSA) is 94.1 Å². The molecule has 2 fully saturated rings. The van der Waals surface area contributed by atoms with Crippen molar-refractivity contribution in [2.24, 2.45) is 5.73 Å². The van der Waals surface area contributed by atoms with Crippen molar-refractivity contribution >= 4 is 23.6 Å². The zero-order valence-corrected chi connectivity index (χ0v) is 16.5. The molecule has 2 amide bonds. The molecule has 8 heteroatoms. The third kappa shape index (κ3) is 4.58. The van der Waals surface area contributed by atoms with Crippen LogP contribution < -0.4 is 5.73 Å². The summed E-state index contributed by atoms with van der Waals surface area (Å²) in [5, 5.41) is 9.10. The van der Waals surface area contributed by atoms with Crippen LogP contribution in [0, 0.1) is 0 Å². The maximum atomic E-state index is 12.9. The smallest absolute Gasteiger partial charge is 0.235 e. The summed E-state index contributed by atoms with van der Waals surface area (Å²) in [5.41, 5.74) is 5.31. The predicted octanol–water partition coefficient (Wildman–Crippen LogP) is 2.30. The van der Waals surface area contributed by atoms with Gasteiger partial charge in [0.25, 0.3) is 0 Å². The first-order valence-electron chi connectivity index (χ1n) is 9.62. The Kier molecular flexibility index (Phi) is 6.21. The fourth-order valence-corrected chi connectivity index (χ4v) is 4.59. The van der Waals surface area contributed by atoms with E-state index in [9.17, 15) is 9.59 Å². The zero-order chi connectivity index (χ0) is 18.7. The molecular formula is C18H29N5O2S. The minimum absolute atomic E-state index is 0.138. The van der Waals surface area contributed by atoms with Crippen LogP contribution in [-0.4, -0.2) is 49.8 Å². The molecule has 0 aliphatic heterocycles. The van der Waals surface area contributed by atoms with Gasteiger partial charge in [-0.15, -0.1) is 10.2 Å². The lowest BCUT2D eigenvalue weighted by molar-refractivity contribution is -0.131. The van der Waals surface area contributed by atoms with Gasteiger partial charge < -0.3 is 15.2 Å². The Morgan fingerprint density at radius 1 is 1.23 bits per heavy atom. The van der Waals surface area contributed by atoms with E-state index in [4.69, 9.17) is 5.73 Å². The first kappa shape index (κ1) is 19.2. The number of hydrogen-bond acceptors (Lipinski definition) is 5. The molecule has 2 saturated carbocycles. The molecule has 2 N–H and O–H groups in total. The van der Waals surface area contributed by atoms with E-state index in [-0.39, 0.29) is 23.5 Å². The van der Waals surface area contributed by atoms with Gasteiger partial charge in [-0.25, -0.2) is 0 Å². The SMILES string of the molecule is CC(Sc1nnc(C2CC2)n1CCC(N)=O)C(=O)N(C)C1CCCCC1. The van der Waals surface area contributed by atoms with Crippen LogP contribution >= 0.6 is 11.8 Å². The van der Waals surface area contributed by atoms with Crippen molar-refractivity contribution < 1.29 is 9.59 Å². The van der Waals surface area contributed by atoms with Crippen LogP contribution in [0.15, 0.2) is 5.16 Å². The van der Waals surface area contributed by atoms with Gasteiger partial charge in [0.1, 0.15) is 5.82 Å². The molecule has 1 aromatic heterocycles. The van der Waals surface area contributed by atoms with E-state index in [0.29, 0.717) is 23.7 Å². The number of primary amides is 1. The van der Waals surface area contributed by atoms with Crippen molar-refractivity contribution in [2.75, 3.05) is 7.05 Å². The second-order valence-electron chi connectivity index (χ2n) is 7.48. The standard InChI is InChI=1S/C18H29N5O2S/c1-12(17(25)22(2)14-6-4-3-5-7-14)26-18-21-20-16(13-8-9-13)23(18)11-10-15(19)24/h12-14H,3-11H2,1-2H3,(H2,19,24). The molecule has 0 saturated heterocycles. The Balaban J connectivity index is 1.66. The molecule has 0 bridgehead atoms. The summed E-state index contributed by atoms with van der Waals surface area (Å²) < 4.78 is 1.98. The molecule has 1 atom stereocenters. The number of rotatable bonds is 8. The van der Waals surface area contributed by atoms with Crippen LogP contribution in [0.5, 0.6) is 0 Å². The van der Waals surface area contributed by atoms with E-state index in [1.165, 1.54) is 31.0 Å². The van der Waals surface area contributed by atoms with Gasteiger partial charge in [-0.1, -0.05) is 31.0 Å². The average Bonchev–Trinajstić information content (AvgIpc) is 3.41. The number of nitrogens with zero attached hydrogens (tertiary/aromatic N) is 4. The molecule has 144 valence electrons. The van der Waals surface area contributed by atoms with Gasteiger partial charge in [-0.05, 0) is 32.6 Å². The summed E-state index contributed by atoms with van der Waals surface area (Å²) in [6, 6.07) is 0.356. The number of nitrogens with two attached hydrogens (primary N) is 1. The van der Waals surface area contributed by atoms with Gasteiger partial charge in [-0.2, -0.15) is 0 Å². The lowest BCUT2D eigenvalue weighted by atomic mass is 9.94. The predicted molar refractivity (Wildman–Crippen MR) is 101 cm³/mol. The summed E-state index contributed by atoms with van der Waals surface area (Å²) in [5.74, 6) is 1.16. The number of thioether (sulfide) groups is 1.